The van der Waals surface area contributed by atoms with Crippen LogP contribution in [0, 0.1) is 6.92 Å². The van der Waals surface area contributed by atoms with Crippen molar-refractivity contribution in [1.82, 2.24) is 15.0 Å². The fourth-order valence-corrected chi connectivity index (χ4v) is 3.43. The number of pyridine rings is 1. The topological polar surface area (TPSA) is 73.9 Å². The van der Waals surface area contributed by atoms with Gasteiger partial charge in [0.1, 0.15) is 22.8 Å². The lowest BCUT2D eigenvalue weighted by Crippen LogP contribution is -1.99. The zero-order chi connectivity index (χ0) is 17.9. The summed E-state index contributed by atoms with van der Waals surface area (Å²) < 4.78 is 5.82. The Morgan fingerprint density at radius 3 is 2.58 bits per heavy atom. The number of anilines is 1. The van der Waals surface area contributed by atoms with E-state index in [2.05, 4.69) is 15.0 Å². The first-order valence-corrected chi connectivity index (χ1v) is 8.89. The van der Waals surface area contributed by atoms with Crippen molar-refractivity contribution in [2.24, 2.45) is 0 Å². The molecule has 5 nitrogen and oxygen atoms in total. The molecule has 0 aliphatic heterocycles. The van der Waals surface area contributed by atoms with Crippen LogP contribution in [0.25, 0.3) is 10.9 Å². The molecule has 0 spiro atoms. The number of nitrogens with two attached hydrogens (primary N) is 1. The Hall–Kier alpha value is -3.12. The molecule has 6 heteroatoms. The van der Waals surface area contributed by atoms with Gasteiger partial charge in [-0.2, -0.15) is 4.98 Å². The molecule has 0 aliphatic carbocycles. The van der Waals surface area contributed by atoms with E-state index in [1.165, 1.54) is 18.1 Å². The highest BCUT2D eigenvalue weighted by Gasteiger charge is 2.13. The number of rotatable bonds is 4. The minimum absolute atomic E-state index is 0.347. The second kappa shape index (κ2) is 7.01. The Bertz CT molecular complexity index is 1060. The summed E-state index contributed by atoms with van der Waals surface area (Å²) in [6, 6.07) is 17.7. The normalized spacial score (nSPS) is 10.8. The van der Waals surface area contributed by atoms with E-state index in [-0.39, 0.29) is 0 Å². The molecule has 4 aromatic rings. The summed E-state index contributed by atoms with van der Waals surface area (Å²) in [6.07, 6.45) is 3.24. The maximum atomic E-state index is 6.26. The minimum atomic E-state index is 0.347. The number of hydrogen-bond acceptors (Lipinski definition) is 6. The first kappa shape index (κ1) is 16.4. The number of benzene rings is 2. The summed E-state index contributed by atoms with van der Waals surface area (Å²) in [7, 11) is 0. The van der Waals surface area contributed by atoms with Gasteiger partial charge in [0.15, 0.2) is 0 Å². The van der Waals surface area contributed by atoms with Crippen LogP contribution in [0.3, 0.4) is 0 Å². The molecule has 0 radical (unpaired) electrons. The molecule has 0 aliphatic rings. The fraction of sp³-hybridized carbons (Fsp3) is 0.0500. The first-order chi connectivity index (χ1) is 12.7. The van der Waals surface area contributed by atoms with Crippen molar-refractivity contribution in [3.05, 3.63) is 72.7 Å². The number of nitrogens with zero attached hydrogens (tertiary/aromatic N) is 3. The Morgan fingerprint density at radius 2 is 1.73 bits per heavy atom. The lowest BCUT2D eigenvalue weighted by molar-refractivity contribution is 0.462. The maximum Gasteiger partial charge on any atom is 0.247 e. The van der Waals surface area contributed by atoms with Crippen molar-refractivity contribution < 1.29 is 4.74 Å². The Kier molecular flexibility index (Phi) is 4.41. The third kappa shape index (κ3) is 3.32. The lowest BCUT2D eigenvalue weighted by Gasteiger charge is -2.11. The molecular formula is C20H16N4OS. The predicted octanol–water partition coefficient (Wildman–Crippen LogP) is 4.86. The van der Waals surface area contributed by atoms with Gasteiger partial charge in [-0.25, -0.2) is 4.98 Å². The molecule has 0 unspecified atom stereocenters. The predicted molar refractivity (Wildman–Crippen MR) is 104 cm³/mol. The van der Waals surface area contributed by atoms with E-state index in [4.69, 9.17) is 10.5 Å². The molecule has 2 aromatic carbocycles. The van der Waals surface area contributed by atoms with Crippen molar-refractivity contribution in [3.8, 4) is 11.6 Å². The van der Waals surface area contributed by atoms with Crippen LogP contribution in [0.2, 0.25) is 0 Å². The summed E-state index contributed by atoms with van der Waals surface area (Å²) >= 11 is 1.45. The average Bonchev–Trinajstić information content (AvgIpc) is 2.67. The third-order valence-electron chi connectivity index (χ3n) is 3.85. The molecule has 2 aromatic heterocycles. The van der Waals surface area contributed by atoms with Gasteiger partial charge >= 0.3 is 0 Å². The number of fused-ring (bicyclic) bond motifs is 1. The van der Waals surface area contributed by atoms with E-state index in [0.717, 1.165) is 21.4 Å². The Morgan fingerprint density at radius 1 is 0.923 bits per heavy atom. The number of aromatic nitrogens is 3. The van der Waals surface area contributed by atoms with Gasteiger partial charge in [-0.05, 0) is 31.2 Å². The molecule has 2 N–H and O–H groups in total. The Labute approximate surface area is 155 Å². The summed E-state index contributed by atoms with van der Waals surface area (Å²) in [5, 5.41) is 1.71. The van der Waals surface area contributed by atoms with Gasteiger partial charge in [-0.3, -0.25) is 4.98 Å². The van der Waals surface area contributed by atoms with Gasteiger partial charge in [0.25, 0.3) is 0 Å². The molecule has 0 bridgehead atoms. The van der Waals surface area contributed by atoms with E-state index < -0.39 is 0 Å². The highest BCUT2D eigenvalue weighted by atomic mass is 32.2. The van der Waals surface area contributed by atoms with Crippen LogP contribution in [0.15, 0.2) is 77.0 Å². The molecule has 26 heavy (non-hydrogen) atoms. The quantitative estimate of drug-likeness (QED) is 0.524. The van der Waals surface area contributed by atoms with Crippen molar-refractivity contribution in [3.63, 3.8) is 0 Å². The summed E-state index contributed by atoms with van der Waals surface area (Å²) in [5.74, 6) is 1.03. The SMILES string of the molecule is Cc1ccc(Oc2ncnc(Sc3cccc4cccnc34)c2N)cc1. The first-order valence-electron chi connectivity index (χ1n) is 8.07. The van der Waals surface area contributed by atoms with E-state index in [9.17, 15) is 0 Å². The van der Waals surface area contributed by atoms with E-state index >= 15 is 0 Å². The minimum Gasteiger partial charge on any atom is -0.437 e. The van der Waals surface area contributed by atoms with E-state index in [1.807, 2.05) is 61.5 Å². The molecule has 0 fully saturated rings. The van der Waals surface area contributed by atoms with Crippen molar-refractivity contribution in [2.45, 2.75) is 16.8 Å². The molecule has 0 saturated carbocycles. The van der Waals surface area contributed by atoms with Gasteiger partial charge in [0.05, 0.1) is 5.52 Å². The van der Waals surface area contributed by atoms with Gasteiger partial charge in [0, 0.05) is 16.5 Å². The third-order valence-corrected chi connectivity index (χ3v) is 4.92. The largest absolute Gasteiger partial charge is 0.437 e. The molecule has 2 heterocycles. The van der Waals surface area contributed by atoms with Crippen LogP contribution in [-0.4, -0.2) is 15.0 Å². The van der Waals surface area contributed by atoms with Crippen LogP contribution in [0.5, 0.6) is 11.6 Å². The second-order valence-corrected chi connectivity index (χ2v) is 6.78. The van der Waals surface area contributed by atoms with Gasteiger partial charge in [-0.1, -0.05) is 47.7 Å². The highest BCUT2D eigenvalue weighted by molar-refractivity contribution is 7.99. The van der Waals surface area contributed by atoms with Crippen molar-refractivity contribution in [1.29, 1.82) is 0 Å². The van der Waals surface area contributed by atoms with E-state index in [0.29, 0.717) is 22.3 Å². The maximum absolute atomic E-state index is 6.26. The Balaban J connectivity index is 1.66. The molecule has 0 atom stereocenters. The number of ether oxygens (including phenoxy) is 1. The van der Waals surface area contributed by atoms with Gasteiger partial charge < -0.3 is 10.5 Å². The summed E-state index contributed by atoms with van der Waals surface area (Å²) in [4.78, 5) is 13.9. The molecule has 4 rings (SSSR count). The average molecular weight is 360 g/mol. The van der Waals surface area contributed by atoms with Crippen molar-refractivity contribution >= 4 is 28.4 Å². The highest BCUT2D eigenvalue weighted by Crippen LogP contribution is 2.37. The van der Waals surface area contributed by atoms with Crippen LogP contribution in [0.4, 0.5) is 5.69 Å². The smallest absolute Gasteiger partial charge is 0.247 e. The molecule has 128 valence electrons. The van der Waals surface area contributed by atoms with Gasteiger partial charge in [-0.15, -0.1) is 0 Å². The zero-order valence-corrected chi connectivity index (χ0v) is 14.9. The monoisotopic (exact) mass is 360 g/mol. The number of nitrogen functional groups attached to an aromatic ring is 1. The van der Waals surface area contributed by atoms with Crippen molar-refractivity contribution in [2.75, 3.05) is 5.73 Å². The molecular weight excluding hydrogens is 344 g/mol. The number of hydrogen-bond donors (Lipinski definition) is 1. The lowest BCUT2D eigenvalue weighted by atomic mass is 10.2. The number of aryl methyl sites for hydroxylation is 1. The van der Waals surface area contributed by atoms with Crippen LogP contribution in [0.1, 0.15) is 5.56 Å². The second-order valence-electron chi connectivity index (χ2n) is 5.75. The van der Waals surface area contributed by atoms with Gasteiger partial charge in [0.2, 0.25) is 5.88 Å². The molecule has 0 saturated heterocycles. The summed E-state index contributed by atoms with van der Waals surface area (Å²) in [5.41, 5.74) is 8.75. The summed E-state index contributed by atoms with van der Waals surface area (Å²) in [6.45, 7) is 2.02. The van der Waals surface area contributed by atoms with Crippen LogP contribution < -0.4 is 10.5 Å². The number of para-hydroxylation sites is 1. The van der Waals surface area contributed by atoms with Crippen LogP contribution in [-0.2, 0) is 0 Å². The van der Waals surface area contributed by atoms with E-state index in [1.54, 1.807) is 6.20 Å². The fourth-order valence-electron chi connectivity index (χ4n) is 2.51. The van der Waals surface area contributed by atoms with Crippen LogP contribution >= 0.6 is 11.8 Å². The standard InChI is InChI=1S/C20H16N4OS/c1-13-7-9-15(10-8-13)25-19-17(21)20(24-12-23-19)26-16-6-2-4-14-5-3-11-22-18(14)16/h2-12H,21H2,1H3. The zero-order valence-electron chi connectivity index (χ0n) is 14.1. The molecule has 0 amide bonds.